The monoisotopic (exact) mass is 273 g/mol. The first-order valence-corrected chi connectivity index (χ1v) is 6.55. The van der Waals surface area contributed by atoms with Crippen LogP contribution >= 0.6 is 0 Å². The SMILES string of the molecule is CCOC1(C(=O)O)CCN(C(=O)OC(C)(C)C)CC1. The number of amides is 1. The fraction of sp³-hybridized carbons (Fsp3) is 0.846. The fourth-order valence-electron chi connectivity index (χ4n) is 2.07. The smallest absolute Gasteiger partial charge is 0.410 e. The molecule has 0 unspecified atom stereocenters. The topological polar surface area (TPSA) is 76.1 Å². The molecule has 0 spiro atoms. The Bertz CT molecular complexity index is 339. The van der Waals surface area contributed by atoms with Crippen molar-refractivity contribution >= 4 is 12.1 Å². The van der Waals surface area contributed by atoms with Crippen molar-refractivity contribution in [3.05, 3.63) is 0 Å². The molecule has 0 atom stereocenters. The van der Waals surface area contributed by atoms with E-state index in [0.717, 1.165) is 0 Å². The van der Waals surface area contributed by atoms with Crippen LogP contribution in [0.15, 0.2) is 0 Å². The zero-order valence-corrected chi connectivity index (χ0v) is 12.1. The summed E-state index contributed by atoms with van der Waals surface area (Å²) in [6, 6.07) is 0. The predicted molar refractivity (Wildman–Crippen MR) is 69.0 cm³/mol. The van der Waals surface area contributed by atoms with Gasteiger partial charge in [-0.1, -0.05) is 0 Å². The zero-order chi connectivity index (χ0) is 14.7. The fourth-order valence-corrected chi connectivity index (χ4v) is 2.07. The molecule has 1 saturated heterocycles. The van der Waals surface area contributed by atoms with Crippen LogP contribution in [0.5, 0.6) is 0 Å². The molecular formula is C13H23NO5. The number of aliphatic carboxylic acids is 1. The van der Waals surface area contributed by atoms with Gasteiger partial charge < -0.3 is 19.5 Å². The number of carbonyl (C=O) groups excluding carboxylic acids is 1. The van der Waals surface area contributed by atoms with E-state index in [4.69, 9.17) is 9.47 Å². The summed E-state index contributed by atoms with van der Waals surface area (Å²) in [6.07, 6.45) is 0.174. The molecular weight excluding hydrogens is 250 g/mol. The Hall–Kier alpha value is -1.30. The van der Waals surface area contributed by atoms with E-state index in [1.165, 1.54) is 4.90 Å². The molecule has 1 amide bonds. The molecule has 19 heavy (non-hydrogen) atoms. The summed E-state index contributed by atoms with van der Waals surface area (Å²) < 4.78 is 10.6. The van der Waals surface area contributed by atoms with Gasteiger partial charge in [-0.2, -0.15) is 0 Å². The van der Waals surface area contributed by atoms with Crippen molar-refractivity contribution in [2.24, 2.45) is 0 Å². The molecule has 6 heteroatoms. The number of hydrogen-bond donors (Lipinski definition) is 1. The Kier molecular flexibility index (Phi) is 4.79. The highest BCUT2D eigenvalue weighted by molar-refractivity contribution is 5.78. The normalized spacial score (nSPS) is 19.1. The van der Waals surface area contributed by atoms with Crippen LogP contribution in [0.3, 0.4) is 0 Å². The molecule has 0 saturated carbocycles. The van der Waals surface area contributed by atoms with Gasteiger partial charge in [0.1, 0.15) is 5.60 Å². The van der Waals surface area contributed by atoms with Crippen LogP contribution in [0.1, 0.15) is 40.5 Å². The van der Waals surface area contributed by atoms with Crippen LogP contribution in [-0.2, 0) is 14.3 Å². The van der Waals surface area contributed by atoms with Crippen LogP contribution in [-0.4, -0.2) is 53.0 Å². The van der Waals surface area contributed by atoms with Gasteiger partial charge in [0.05, 0.1) is 0 Å². The maximum absolute atomic E-state index is 11.9. The highest BCUT2D eigenvalue weighted by atomic mass is 16.6. The molecule has 0 aromatic rings. The van der Waals surface area contributed by atoms with Gasteiger partial charge in [-0.25, -0.2) is 9.59 Å². The van der Waals surface area contributed by atoms with Gasteiger partial charge in [0.25, 0.3) is 0 Å². The number of rotatable bonds is 3. The van der Waals surface area contributed by atoms with Crippen molar-refractivity contribution in [1.82, 2.24) is 4.90 Å². The molecule has 1 aliphatic heterocycles. The van der Waals surface area contributed by atoms with Crippen LogP contribution in [0.2, 0.25) is 0 Å². The standard InChI is InChI=1S/C13H23NO5/c1-5-18-13(10(15)16)6-8-14(9-7-13)11(17)19-12(2,3)4/h5-9H2,1-4H3,(H,15,16). The number of hydrogen-bond acceptors (Lipinski definition) is 4. The summed E-state index contributed by atoms with van der Waals surface area (Å²) in [5.41, 5.74) is -1.70. The van der Waals surface area contributed by atoms with Gasteiger partial charge >= 0.3 is 12.1 Å². The van der Waals surface area contributed by atoms with Crippen molar-refractivity contribution in [2.45, 2.75) is 51.7 Å². The number of carboxylic acids is 1. The maximum atomic E-state index is 11.9. The lowest BCUT2D eigenvalue weighted by atomic mass is 9.91. The van der Waals surface area contributed by atoms with E-state index < -0.39 is 23.3 Å². The second kappa shape index (κ2) is 5.77. The van der Waals surface area contributed by atoms with Gasteiger partial charge in [0, 0.05) is 32.5 Å². The molecule has 1 heterocycles. The summed E-state index contributed by atoms with van der Waals surface area (Å²) >= 11 is 0. The second-order valence-corrected chi connectivity index (χ2v) is 5.70. The van der Waals surface area contributed by atoms with E-state index in [9.17, 15) is 14.7 Å². The number of nitrogens with zero attached hydrogens (tertiary/aromatic N) is 1. The number of piperidine rings is 1. The summed E-state index contributed by atoms with van der Waals surface area (Å²) in [4.78, 5) is 24.7. The highest BCUT2D eigenvalue weighted by Gasteiger charge is 2.43. The Morgan fingerprint density at radius 1 is 1.26 bits per heavy atom. The van der Waals surface area contributed by atoms with Crippen molar-refractivity contribution in [2.75, 3.05) is 19.7 Å². The predicted octanol–water partition coefficient (Wildman–Crippen LogP) is 1.88. The minimum Gasteiger partial charge on any atom is -0.479 e. The Morgan fingerprint density at radius 2 is 1.79 bits per heavy atom. The number of ether oxygens (including phenoxy) is 2. The van der Waals surface area contributed by atoms with Gasteiger partial charge in [-0.15, -0.1) is 0 Å². The van der Waals surface area contributed by atoms with Crippen LogP contribution in [0.4, 0.5) is 4.79 Å². The van der Waals surface area contributed by atoms with E-state index in [2.05, 4.69) is 0 Å². The molecule has 1 fully saturated rings. The van der Waals surface area contributed by atoms with Gasteiger partial charge in [-0.3, -0.25) is 0 Å². The first-order chi connectivity index (χ1) is 8.70. The van der Waals surface area contributed by atoms with Crippen molar-refractivity contribution in [1.29, 1.82) is 0 Å². The molecule has 0 aliphatic carbocycles. The third-order valence-electron chi connectivity index (χ3n) is 3.03. The summed E-state index contributed by atoms with van der Waals surface area (Å²) in [7, 11) is 0. The lowest BCUT2D eigenvalue weighted by Gasteiger charge is -2.38. The quantitative estimate of drug-likeness (QED) is 0.849. The molecule has 110 valence electrons. The lowest BCUT2D eigenvalue weighted by molar-refractivity contribution is -0.171. The Balaban J connectivity index is 2.61. The highest BCUT2D eigenvalue weighted by Crippen LogP contribution is 2.27. The summed E-state index contributed by atoms with van der Waals surface area (Å²) in [5, 5.41) is 9.27. The minimum absolute atomic E-state index is 0.287. The average molecular weight is 273 g/mol. The van der Waals surface area contributed by atoms with Crippen molar-refractivity contribution in [3.63, 3.8) is 0 Å². The van der Waals surface area contributed by atoms with Crippen molar-refractivity contribution in [3.8, 4) is 0 Å². The zero-order valence-electron chi connectivity index (χ0n) is 12.1. The largest absolute Gasteiger partial charge is 0.479 e. The first-order valence-electron chi connectivity index (χ1n) is 6.55. The van der Waals surface area contributed by atoms with E-state index >= 15 is 0 Å². The maximum Gasteiger partial charge on any atom is 0.410 e. The molecule has 1 N–H and O–H groups in total. The molecule has 0 aromatic heterocycles. The molecule has 6 nitrogen and oxygen atoms in total. The first kappa shape index (κ1) is 15.8. The molecule has 0 bridgehead atoms. The average Bonchev–Trinajstić information content (AvgIpc) is 2.27. The molecule has 1 aliphatic rings. The second-order valence-electron chi connectivity index (χ2n) is 5.70. The number of carboxylic acid groups (broad SMARTS) is 1. The molecule has 0 radical (unpaired) electrons. The Labute approximate surface area is 113 Å². The van der Waals surface area contributed by atoms with Gasteiger partial charge in [0.2, 0.25) is 0 Å². The van der Waals surface area contributed by atoms with E-state index in [1.54, 1.807) is 27.7 Å². The van der Waals surface area contributed by atoms with Crippen LogP contribution < -0.4 is 0 Å². The lowest BCUT2D eigenvalue weighted by Crippen LogP contribution is -2.53. The van der Waals surface area contributed by atoms with Gasteiger partial charge in [0.15, 0.2) is 5.60 Å². The van der Waals surface area contributed by atoms with E-state index in [1.807, 2.05) is 0 Å². The molecule has 0 aromatic carbocycles. The van der Waals surface area contributed by atoms with E-state index in [-0.39, 0.29) is 12.8 Å². The third-order valence-corrected chi connectivity index (χ3v) is 3.03. The summed E-state index contributed by atoms with van der Waals surface area (Å²) in [5.74, 6) is -0.960. The van der Waals surface area contributed by atoms with E-state index in [0.29, 0.717) is 19.7 Å². The van der Waals surface area contributed by atoms with Crippen LogP contribution in [0.25, 0.3) is 0 Å². The molecule has 1 rings (SSSR count). The Morgan fingerprint density at radius 3 is 2.16 bits per heavy atom. The van der Waals surface area contributed by atoms with Crippen molar-refractivity contribution < 1.29 is 24.2 Å². The number of carbonyl (C=O) groups is 2. The summed E-state index contributed by atoms with van der Waals surface area (Å²) in [6.45, 7) is 8.19. The number of likely N-dealkylation sites (tertiary alicyclic amines) is 1. The van der Waals surface area contributed by atoms with Crippen LogP contribution in [0, 0.1) is 0 Å². The minimum atomic E-state index is -1.16. The van der Waals surface area contributed by atoms with Gasteiger partial charge in [-0.05, 0) is 27.7 Å². The third kappa shape index (κ3) is 4.09.